The van der Waals surface area contributed by atoms with Crippen LogP contribution in [0.15, 0.2) is 18.3 Å². The molecule has 1 atom stereocenters. The van der Waals surface area contributed by atoms with Crippen molar-refractivity contribution in [3.8, 4) is 0 Å². The molecule has 0 saturated carbocycles. The molecule has 0 saturated heterocycles. The molecular weight excluding hydrogens is 204 g/mol. The Morgan fingerprint density at radius 1 is 1.64 bits per heavy atom. The molecule has 1 heterocycles. The van der Waals surface area contributed by atoms with Crippen LogP contribution in [0.2, 0.25) is 5.02 Å². The number of esters is 1. The summed E-state index contributed by atoms with van der Waals surface area (Å²) in [6.07, 6.45) is 1.51. The smallest absolute Gasteiger partial charge is 0.328 e. The normalized spacial score (nSPS) is 11.9. The van der Waals surface area contributed by atoms with Crippen molar-refractivity contribution in [3.05, 3.63) is 23.4 Å². The van der Waals surface area contributed by atoms with E-state index >= 15 is 0 Å². The fourth-order valence-corrected chi connectivity index (χ4v) is 1.03. The SMILES string of the molecule is COC(=O)C(C)Nc1ccc(Cl)cn1. The summed E-state index contributed by atoms with van der Waals surface area (Å²) in [7, 11) is 1.34. The topological polar surface area (TPSA) is 51.2 Å². The Kier molecular flexibility index (Phi) is 3.71. The molecule has 5 heteroatoms. The summed E-state index contributed by atoms with van der Waals surface area (Å²) in [5, 5.41) is 3.43. The average molecular weight is 215 g/mol. The number of halogens is 1. The summed E-state index contributed by atoms with van der Waals surface area (Å²) >= 11 is 5.66. The summed E-state index contributed by atoms with van der Waals surface area (Å²) in [5.74, 6) is 0.258. The zero-order chi connectivity index (χ0) is 10.6. The molecule has 0 aromatic carbocycles. The third-order valence-electron chi connectivity index (χ3n) is 1.65. The predicted molar refractivity (Wildman–Crippen MR) is 54.3 cm³/mol. The third kappa shape index (κ3) is 2.88. The molecule has 1 N–H and O–H groups in total. The molecule has 0 bridgehead atoms. The van der Waals surface area contributed by atoms with Gasteiger partial charge in [-0.2, -0.15) is 0 Å². The molecule has 76 valence electrons. The van der Waals surface area contributed by atoms with Gasteiger partial charge in [-0.15, -0.1) is 0 Å². The van der Waals surface area contributed by atoms with Crippen molar-refractivity contribution in [2.24, 2.45) is 0 Å². The van der Waals surface area contributed by atoms with Crippen LogP contribution in [0.5, 0.6) is 0 Å². The average Bonchev–Trinajstić information content (AvgIpc) is 2.20. The lowest BCUT2D eigenvalue weighted by Gasteiger charge is -2.11. The standard InChI is InChI=1S/C9H11ClN2O2/c1-6(9(13)14-2)12-8-4-3-7(10)5-11-8/h3-6H,1-2H3,(H,11,12). The summed E-state index contributed by atoms with van der Waals surface area (Å²) in [6, 6.07) is 2.97. The molecule has 14 heavy (non-hydrogen) atoms. The van der Waals surface area contributed by atoms with E-state index in [1.807, 2.05) is 0 Å². The Balaban J connectivity index is 2.60. The van der Waals surface area contributed by atoms with Gasteiger partial charge in [-0.05, 0) is 19.1 Å². The fraction of sp³-hybridized carbons (Fsp3) is 0.333. The number of hydrogen-bond donors (Lipinski definition) is 1. The predicted octanol–water partition coefficient (Wildman–Crippen LogP) is 1.71. The summed E-state index contributed by atoms with van der Waals surface area (Å²) in [6.45, 7) is 1.70. The van der Waals surface area contributed by atoms with Crippen molar-refractivity contribution in [2.75, 3.05) is 12.4 Å². The highest BCUT2D eigenvalue weighted by Gasteiger charge is 2.12. The number of nitrogens with one attached hydrogen (secondary N) is 1. The molecule has 0 aliphatic carbocycles. The highest BCUT2D eigenvalue weighted by Crippen LogP contribution is 2.10. The van der Waals surface area contributed by atoms with Crippen molar-refractivity contribution in [2.45, 2.75) is 13.0 Å². The van der Waals surface area contributed by atoms with E-state index in [-0.39, 0.29) is 5.97 Å². The van der Waals surface area contributed by atoms with E-state index in [9.17, 15) is 4.79 Å². The van der Waals surface area contributed by atoms with Crippen molar-refractivity contribution >= 4 is 23.4 Å². The lowest BCUT2D eigenvalue weighted by molar-refractivity contribution is -0.141. The van der Waals surface area contributed by atoms with Crippen LogP contribution < -0.4 is 5.32 Å². The van der Waals surface area contributed by atoms with E-state index in [0.717, 1.165) is 0 Å². The summed E-state index contributed by atoms with van der Waals surface area (Å²) in [5.41, 5.74) is 0. The van der Waals surface area contributed by atoms with Crippen LogP contribution in [0.1, 0.15) is 6.92 Å². The molecule has 0 aliphatic heterocycles. The summed E-state index contributed by atoms with van der Waals surface area (Å²) in [4.78, 5) is 15.0. The van der Waals surface area contributed by atoms with Gasteiger partial charge in [0.15, 0.2) is 0 Å². The van der Waals surface area contributed by atoms with Gasteiger partial charge in [-0.3, -0.25) is 0 Å². The number of carbonyl (C=O) groups excluding carboxylic acids is 1. The molecule has 0 aliphatic rings. The van der Waals surface area contributed by atoms with Gasteiger partial charge in [0, 0.05) is 6.20 Å². The Hall–Kier alpha value is -1.29. The molecule has 1 rings (SSSR count). The van der Waals surface area contributed by atoms with Gasteiger partial charge in [0.05, 0.1) is 12.1 Å². The van der Waals surface area contributed by atoms with Gasteiger partial charge < -0.3 is 10.1 Å². The molecule has 0 radical (unpaired) electrons. The number of aromatic nitrogens is 1. The minimum Gasteiger partial charge on any atom is -0.467 e. The quantitative estimate of drug-likeness (QED) is 0.779. The lowest BCUT2D eigenvalue weighted by atomic mass is 10.3. The molecule has 4 nitrogen and oxygen atoms in total. The number of anilines is 1. The third-order valence-corrected chi connectivity index (χ3v) is 1.87. The second kappa shape index (κ2) is 4.81. The number of ether oxygens (including phenoxy) is 1. The van der Waals surface area contributed by atoms with E-state index in [4.69, 9.17) is 11.6 Å². The number of nitrogens with zero attached hydrogens (tertiary/aromatic N) is 1. The van der Waals surface area contributed by atoms with Gasteiger partial charge in [-0.25, -0.2) is 9.78 Å². The number of carbonyl (C=O) groups is 1. The van der Waals surface area contributed by atoms with Crippen LogP contribution >= 0.6 is 11.6 Å². The highest BCUT2D eigenvalue weighted by atomic mass is 35.5. The van der Waals surface area contributed by atoms with E-state index < -0.39 is 6.04 Å². The fourth-order valence-electron chi connectivity index (χ4n) is 0.919. The van der Waals surface area contributed by atoms with E-state index in [1.54, 1.807) is 19.1 Å². The monoisotopic (exact) mass is 214 g/mol. The lowest BCUT2D eigenvalue weighted by Crippen LogP contribution is -2.27. The van der Waals surface area contributed by atoms with Crippen molar-refractivity contribution < 1.29 is 9.53 Å². The zero-order valence-electron chi connectivity index (χ0n) is 7.95. The van der Waals surface area contributed by atoms with E-state index in [2.05, 4.69) is 15.0 Å². The Morgan fingerprint density at radius 2 is 2.36 bits per heavy atom. The second-order valence-electron chi connectivity index (χ2n) is 2.75. The Morgan fingerprint density at radius 3 is 2.86 bits per heavy atom. The maximum Gasteiger partial charge on any atom is 0.328 e. The van der Waals surface area contributed by atoms with Crippen LogP contribution in [-0.4, -0.2) is 24.1 Å². The largest absolute Gasteiger partial charge is 0.467 e. The van der Waals surface area contributed by atoms with Crippen LogP contribution in [0.4, 0.5) is 5.82 Å². The second-order valence-corrected chi connectivity index (χ2v) is 3.19. The zero-order valence-corrected chi connectivity index (χ0v) is 8.71. The van der Waals surface area contributed by atoms with E-state index in [0.29, 0.717) is 10.8 Å². The van der Waals surface area contributed by atoms with Gasteiger partial charge in [0.25, 0.3) is 0 Å². The number of rotatable bonds is 3. The van der Waals surface area contributed by atoms with Crippen molar-refractivity contribution in [1.82, 2.24) is 4.98 Å². The first-order chi connectivity index (χ1) is 6.63. The van der Waals surface area contributed by atoms with Crippen LogP contribution in [0.3, 0.4) is 0 Å². The number of pyridine rings is 1. The van der Waals surface area contributed by atoms with Gasteiger partial charge in [-0.1, -0.05) is 11.6 Å². The molecule has 1 aromatic heterocycles. The highest BCUT2D eigenvalue weighted by molar-refractivity contribution is 6.30. The molecule has 0 spiro atoms. The van der Waals surface area contributed by atoms with E-state index in [1.165, 1.54) is 13.3 Å². The van der Waals surface area contributed by atoms with Gasteiger partial charge in [0.2, 0.25) is 0 Å². The first-order valence-electron chi connectivity index (χ1n) is 4.09. The molecule has 1 aromatic rings. The Labute approximate surface area is 87.2 Å². The van der Waals surface area contributed by atoms with Crippen molar-refractivity contribution in [1.29, 1.82) is 0 Å². The molecule has 0 fully saturated rings. The maximum absolute atomic E-state index is 11.0. The summed E-state index contributed by atoms with van der Waals surface area (Å²) < 4.78 is 4.55. The Bertz CT molecular complexity index is 313. The van der Waals surface area contributed by atoms with Gasteiger partial charge >= 0.3 is 5.97 Å². The van der Waals surface area contributed by atoms with Crippen molar-refractivity contribution in [3.63, 3.8) is 0 Å². The number of methoxy groups -OCH3 is 1. The molecular formula is C9H11ClN2O2. The van der Waals surface area contributed by atoms with Crippen LogP contribution in [0.25, 0.3) is 0 Å². The molecule has 1 unspecified atom stereocenters. The van der Waals surface area contributed by atoms with Crippen LogP contribution in [0, 0.1) is 0 Å². The molecule has 0 amide bonds. The number of hydrogen-bond acceptors (Lipinski definition) is 4. The minimum atomic E-state index is -0.423. The maximum atomic E-state index is 11.0. The minimum absolute atomic E-state index is 0.332. The van der Waals surface area contributed by atoms with Crippen LogP contribution in [-0.2, 0) is 9.53 Å². The first-order valence-corrected chi connectivity index (χ1v) is 4.47. The first kappa shape index (κ1) is 10.8. The van der Waals surface area contributed by atoms with Gasteiger partial charge in [0.1, 0.15) is 11.9 Å².